The molecule has 0 aromatic heterocycles. The molecule has 4 aromatic rings. The van der Waals surface area contributed by atoms with Gasteiger partial charge in [-0.05, 0) is 96.2 Å². The summed E-state index contributed by atoms with van der Waals surface area (Å²) in [6, 6.07) is 20.6. The van der Waals surface area contributed by atoms with E-state index in [2.05, 4.69) is 16.0 Å². The first-order valence-electron chi connectivity index (χ1n) is 31.8. The molecule has 2 saturated heterocycles. The second kappa shape index (κ2) is 30.7. The van der Waals surface area contributed by atoms with Crippen LogP contribution in [0.25, 0.3) is 21.9 Å². The van der Waals surface area contributed by atoms with Crippen molar-refractivity contribution < 1.29 is 53.0 Å². The van der Waals surface area contributed by atoms with Gasteiger partial charge in [0, 0.05) is 53.5 Å². The number of benzene rings is 4. The predicted molar refractivity (Wildman–Crippen MR) is 344 cm³/mol. The molecule has 6 rings (SSSR count). The zero-order valence-corrected chi connectivity index (χ0v) is 55.2. The molecule has 11 atom stereocenters. The lowest BCUT2D eigenvalue weighted by atomic mass is 9.93. The van der Waals surface area contributed by atoms with Gasteiger partial charge in [0.2, 0.25) is 41.4 Å². The number of fused-ring (bicyclic) bond motifs is 2. The molecule has 19 heteroatoms. The third-order valence-corrected chi connectivity index (χ3v) is 18.0. The van der Waals surface area contributed by atoms with Crippen molar-refractivity contribution in [2.75, 3.05) is 34.7 Å². The number of carbonyl (C=O) groups is 9. The monoisotopic (exact) mass is 1230 g/mol. The summed E-state index contributed by atoms with van der Waals surface area (Å²) in [5.74, 6) is -8.82. The molecular formula is C70H98N8O11. The van der Waals surface area contributed by atoms with E-state index < -0.39 is 137 Å². The third-order valence-electron chi connectivity index (χ3n) is 18.0. The SMILES string of the molecule is CC[C@H](C)[C@@H]1NC(=O)[C@@H]2CCCN2C(=O)[C@H](Cc2cccc(-c3cccc4ccccc34)c2)N(C)C(=O)[C@H](Cc2ccccc2)NC(=O)[C@H](C(C)C)N(C)C(=O)[C@@H]([C@@H](C)CC)OC(=O)[C@H](C(C)(C)O)N(C)C(=O)[C@H](CC(C)C)NC(=O)[C@H](C(C)C)N(C)C1=O. The Balaban J connectivity index is 1.53. The van der Waals surface area contributed by atoms with E-state index in [1.807, 2.05) is 113 Å². The fourth-order valence-electron chi connectivity index (χ4n) is 12.7. The molecule has 2 aliphatic heterocycles. The van der Waals surface area contributed by atoms with Crippen molar-refractivity contribution in [3.63, 3.8) is 0 Å². The van der Waals surface area contributed by atoms with Crippen molar-refractivity contribution in [2.24, 2.45) is 29.6 Å². The minimum atomic E-state index is -1.98. The minimum Gasteiger partial charge on any atom is -0.450 e. The maximum atomic E-state index is 15.8. The highest BCUT2D eigenvalue weighted by Gasteiger charge is 2.48. The van der Waals surface area contributed by atoms with Crippen molar-refractivity contribution in [1.82, 2.24) is 40.4 Å². The summed E-state index contributed by atoms with van der Waals surface area (Å²) in [5.41, 5.74) is 1.24. The van der Waals surface area contributed by atoms with Crippen molar-refractivity contribution in [3.05, 3.63) is 108 Å². The van der Waals surface area contributed by atoms with Crippen LogP contribution in [0.4, 0.5) is 0 Å². The van der Waals surface area contributed by atoms with Gasteiger partial charge >= 0.3 is 5.97 Å². The van der Waals surface area contributed by atoms with Gasteiger partial charge in [-0.2, -0.15) is 0 Å². The van der Waals surface area contributed by atoms with E-state index in [0.29, 0.717) is 30.4 Å². The summed E-state index contributed by atoms with van der Waals surface area (Å²) in [7, 11) is 5.70. The number of nitrogens with zero attached hydrogens (tertiary/aromatic N) is 5. The van der Waals surface area contributed by atoms with Gasteiger partial charge in [0.1, 0.15) is 42.3 Å². The second-order valence-electron chi connectivity index (χ2n) is 26.4. The van der Waals surface area contributed by atoms with Crippen LogP contribution in [0.15, 0.2) is 97.1 Å². The second-order valence-corrected chi connectivity index (χ2v) is 26.4. The Labute approximate surface area is 527 Å². The molecule has 8 amide bonds. The molecule has 4 aromatic carbocycles. The first-order valence-corrected chi connectivity index (χ1v) is 31.8. The van der Waals surface area contributed by atoms with Crippen molar-refractivity contribution in [3.8, 4) is 11.1 Å². The Morgan fingerprint density at radius 1 is 0.573 bits per heavy atom. The van der Waals surface area contributed by atoms with Crippen molar-refractivity contribution in [1.29, 1.82) is 0 Å². The van der Waals surface area contributed by atoms with Crippen LogP contribution in [-0.2, 0) is 60.7 Å². The van der Waals surface area contributed by atoms with Gasteiger partial charge in [-0.1, -0.05) is 173 Å². The lowest BCUT2D eigenvalue weighted by Crippen LogP contribution is -2.63. The molecule has 0 bridgehead atoms. The maximum Gasteiger partial charge on any atom is 0.332 e. The average Bonchev–Trinajstić information content (AvgIpc) is 4.18. The van der Waals surface area contributed by atoms with Crippen molar-refractivity contribution in [2.45, 2.75) is 188 Å². The van der Waals surface area contributed by atoms with E-state index in [4.69, 9.17) is 4.74 Å². The van der Waals surface area contributed by atoms with E-state index in [0.717, 1.165) is 26.8 Å². The Hall–Kier alpha value is -7.67. The van der Waals surface area contributed by atoms with Crippen LogP contribution in [-0.4, -0.2) is 178 Å². The lowest BCUT2D eigenvalue weighted by molar-refractivity contribution is -0.177. The molecule has 89 heavy (non-hydrogen) atoms. The first kappa shape index (κ1) is 70.4. The maximum absolute atomic E-state index is 15.8. The Morgan fingerprint density at radius 3 is 1.72 bits per heavy atom. The van der Waals surface area contributed by atoms with Gasteiger partial charge in [-0.25, -0.2) is 4.79 Å². The highest BCUT2D eigenvalue weighted by molar-refractivity contribution is 6.00. The number of cyclic esters (lactones) is 1. The standard InChI is InChI=1S/C70H98N8O11/c1-17-44(9)56-67(85)75(14)57(42(5)6)62(80)71-52(37-41(3)4)65(83)77(16)60(70(11,12)88)69(87)89-59(45(10)18-2)68(86)76(15)58(43(7)8)63(81)72-53(39-46-27-20-19-21-28-46)64(82)74(13)55(66(84)78-36-26-35-54(78)61(79)73-56)40-47-29-24-32-49(38-47)51-34-25-31-48-30-22-23-33-50(48)51/h19-25,27-34,38,41-45,52-60,88H,17-18,26,35-37,39-40H2,1-16H3,(H,71,80)(H,72,81)(H,73,79)/t44-,45-,52-,53-,54-,55-,56-,57-,58-,59+,60+/m0/s1. The number of nitrogens with one attached hydrogen (secondary N) is 3. The molecule has 0 spiro atoms. The van der Waals surface area contributed by atoms with Crippen LogP contribution < -0.4 is 16.0 Å². The van der Waals surface area contributed by atoms with Crippen molar-refractivity contribution >= 4 is 64.0 Å². The van der Waals surface area contributed by atoms with Crippen LogP contribution in [0, 0.1) is 29.6 Å². The molecule has 4 N–H and O–H groups in total. The zero-order valence-electron chi connectivity index (χ0n) is 55.2. The predicted octanol–water partition coefficient (Wildman–Crippen LogP) is 7.19. The van der Waals surface area contributed by atoms with Gasteiger partial charge < -0.3 is 50.3 Å². The highest BCUT2D eigenvalue weighted by Crippen LogP contribution is 2.32. The average molecular weight is 1230 g/mol. The van der Waals surface area contributed by atoms with Gasteiger partial charge in [0.25, 0.3) is 5.91 Å². The third kappa shape index (κ3) is 16.8. The molecule has 19 nitrogen and oxygen atoms in total. The summed E-state index contributed by atoms with van der Waals surface area (Å²) < 4.78 is 6.14. The van der Waals surface area contributed by atoms with E-state index in [1.165, 1.54) is 61.6 Å². The molecule has 484 valence electrons. The van der Waals surface area contributed by atoms with Crippen LogP contribution in [0.1, 0.15) is 126 Å². The Morgan fingerprint density at radius 2 is 1.12 bits per heavy atom. The normalized spacial score (nSPS) is 24.9. The molecule has 2 aliphatic rings. The van der Waals surface area contributed by atoms with E-state index >= 15 is 28.8 Å². The summed E-state index contributed by atoms with van der Waals surface area (Å²) >= 11 is 0. The van der Waals surface area contributed by atoms with Crippen LogP contribution in [0.2, 0.25) is 0 Å². The van der Waals surface area contributed by atoms with Gasteiger partial charge in [0.15, 0.2) is 12.1 Å². The smallest absolute Gasteiger partial charge is 0.332 e. The molecule has 2 heterocycles. The molecule has 0 radical (unpaired) electrons. The van der Waals surface area contributed by atoms with Crippen LogP contribution in [0.5, 0.6) is 0 Å². The molecule has 0 aliphatic carbocycles. The number of rotatable bonds is 14. The zero-order chi connectivity index (χ0) is 65.9. The summed E-state index contributed by atoms with van der Waals surface area (Å²) in [6.45, 7) is 20.7. The summed E-state index contributed by atoms with van der Waals surface area (Å²) in [4.78, 5) is 143. The Bertz CT molecular complexity index is 3160. The summed E-state index contributed by atoms with van der Waals surface area (Å²) in [6.07, 6.45) is -0.0725. The first-order chi connectivity index (χ1) is 41.9. The topological polar surface area (TPSA) is 235 Å². The molecule has 2 fully saturated rings. The van der Waals surface area contributed by atoms with Crippen LogP contribution in [0.3, 0.4) is 0 Å². The number of ether oxygens (including phenoxy) is 1. The van der Waals surface area contributed by atoms with Crippen LogP contribution >= 0.6 is 0 Å². The largest absolute Gasteiger partial charge is 0.450 e. The van der Waals surface area contributed by atoms with Gasteiger partial charge in [-0.3, -0.25) is 38.4 Å². The van der Waals surface area contributed by atoms with E-state index in [9.17, 15) is 19.5 Å². The fourth-order valence-corrected chi connectivity index (χ4v) is 12.7. The molecule has 0 saturated carbocycles. The molecular weight excluding hydrogens is 1130 g/mol. The number of hydrogen-bond donors (Lipinski definition) is 4. The van der Waals surface area contributed by atoms with E-state index in [-0.39, 0.29) is 38.1 Å². The lowest BCUT2D eigenvalue weighted by Gasteiger charge is -2.39. The summed E-state index contributed by atoms with van der Waals surface area (Å²) in [5, 5.41) is 22.7. The minimum absolute atomic E-state index is 0.0106. The van der Waals surface area contributed by atoms with E-state index in [1.54, 1.807) is 53.7 Å². The molecule has 0 unspecified atom stereocenters. The Kier molecular flexibility index (Phi) is 24.3. The number of amides is 8. The number of aliphatic hydroxyl groups is 1. The fraction of sp³-hybridized carbons (Fsp3) is 0.557. The van der Waals surface area contributed by atoms with Gasteiger partial charge in [0.05, 0.1) is 5.60 Å². The number of carbonyl (C=O) groups excluding carboxylic acids is 9. The quantitative estimate of drug-likeness (QED) is 0.0923. The highest BCUT2D eigenvalue weighted by atomic mass is 16.6. The van der Waals surface area contributed by atoms with Gasteiger partial charge in [-0.15, -0.1) is 0 Å². The number of likely N-dealkylation sites (N-methyl/N-ethyl adjacent to an activating group) is 4. The number of esters is 1. The number of hydrogen-bond acceptors (Lipinski definition) is 11.